The van der Waals surface area contributed by atoms with E-state index in [9.17, 15) is 9.18 Å². The Hall–Kier alpha value is -1.86. The Morgan fingerprint density at radius 3 is 2.85 bits per heavy atom. The second-order valence-electron chi connectivity index (χ2n) is 4.93. The van der Waals surface area contributed by atoms with Gasteiger partial charge in [-0.2, -0.15) is 0 Å². The number of hydrogen-bond donors (Lipinski definition) is 1. The number of nitrogens with zero attached hydrogens (tertiary/aromatic N) is 1. The molecule has 0 atom stereocenters. The minimum Gasteiger partial charge on any atom is -0.336 e. The maximum atomic E-state index is 13.9. The normalized spacial score (nSPS) is 13.6. The summed E-state index contributed by atoms with van der Waals surface area (Å²) in [5.41, 5.74) is 6.04. The zero-order valence-electron chi connectivity index (χ0n) is 11.7. The molecule has 20 heavy (non-hydrogen) atoms. The van der Waals surface area contributed by atoms with E-state index in [1.54, 1.807) is 11.0 Å². The van der Waals surface area contributed by atoms with Crippen LogP contribution in [0.3, 0.4) is 0 Å². The van der Waals surface area contributed by atoms with E-state index < -0.39 is 5.82 Å². The summed E-state index contributed by atoms with van der Waals surface area (Å²) in [7, 11) is 0. The van der Waals surface area contributed by atoms with Crippen molar-refractivity contribution in [1.82, 2.24) is 4.90 Å². The first kappa shape index (κ1) is 14.5. The standard InChI is InChI=1S/C16H19FN2O/c1-2-10-19(13-6-7-13)16(20)14-11-12(4-3-9-18)5-8-15(14)17/h5,8,11,13H,2,6-7,9-10,18H2,1H3. The van der Waals surface area contributed by atoms with Gasteiger partial charge in [-0.15, -0.1) is 0 Å². The van der Waals surface area contributed by atoms with E-state index in [1.807, 2.05) is 6.92 Å². The molecule has 1 aliphatic carbocycles. The van der Waals surface area contributed by atoms with Gasteiger partial charge in [0.2, 0.25) is 0 Å². The summed E-state index contributed by atoms with van der Waals surface area (Å²) in [5.74, 6) is 4.82. The molecule has 1 aromatic rings. The fourth-order valence-corrected chi connectivity index (χ4v) is 2.15. The molecule has 106 valence electrons. The zero-order valence-corrected chi connectivity index (χ0v) is 11.7. The summed E-state index contributed by atoms with van der Waals surface area (Å²) in [4.78, 5) is 14.3. The lowest BCUT2D eigenvalue weighted by Crippen LogP contribution is -2.34. The number of benzene rings is 1. The number of amides is 1. The molecule has 0 saturated heterocycles. The van der Waals surface area contributed by atoms with Gasteiger partial charge in [0.05, 0.1) is 12.1 Å². The lowest BCUT2D eigenvalue weighted by Gasteiger charge is -2.22. The number of rotatable bonds is 4. The van der Waals surface area contributed by atoms with Gasteiger partial charge < -0.3 is 10.6 Å². The van der Waals surface area contributed by atoms with Gasteiger partial charge in [-0.05, 0) is 37.5 Å². The van der Waals surface area contributed by atoms with Gasteiger partial charge in [-0.3, -0.25) is 4.79 Å². The summed E-state index contributed by atoms with van der Waals surface area (Å²) in [6.07, 6.45) is 2.90. The van der Waals surface area contributed by atoms with Crippen LogP contribution in [-0.4, -0.2) is 29.9 Å². The molecular formula is C16H19FN2O. The van der Waals surface area contributed by atoms with Crippen LogP contribution < -0.4 is 5.73 Å². The van der Waals surface area contributed by atoms with Crippen molar-refractivity contribution in [2.24, 2.45) is 5.73 Å². The SMILES string of the molecule is CCCN(C(=O)c1cc(C#CCN)ccc1F)C1CC1. The van der Waals surface area contributed by atoms with Crippen molar-refractivity contribution in [2.45, 2.75) is 32.2 Å². The van der Waals surface area contributed by atoms with Crippen LogP contribution >= 0.6 is 0 Å². The number of carbonyl (C=O) groups is 1. The van der Waals surface area contributed by atoms with Crippen LogP contribution in [0.15, 0.2) is 18.2 Å². The summed E-state index contributed by atoms with van der Waals surface area (Å²) in [5, 5.41) is 0. The second kappa shape index (κ2) is 6.53. The Labute approximate surface area is 119 Å². The molecule has 0 bridgehead atoms. The molecule has 1 saturated carbocycles. The van der Waals surface area contributed by atoms with Crippen LogP contribution in [0.2, 0.25) is 0 Å². The summed E-state index contributed by atoms with van der Waals surface area (Å²) in [6, 6.07) is 4.66. The first-order valence-corrected chi connectivity index (χ1v) is 6.96. The van der Waals surface area contributed by atoms with E-state index in [2.05, 4.69) is 11.8 Å². The van der Waals surface area contributed by atoms with E-state index in [1.165, 1.54) is 12.1 Å². The third-order valence-electron chi connectivity index (χ3n) is 3.24. The van der Waals surface area contributed by atoms with Crippen molar-refractivity contribution in [2.75, 3.05) is 13.1 Å². The molecular weight excluding hydrogens is 255 g/mol. The molecule has 0 heterocycles. The summed E-state index contributed by atoms with van der Waals surface area (Å²) < 4.78 is 13.9. The molecule has 1 amide bonds. The van der Waals surface area contributed by atoms with Gasteiger partial charge in [0.15, 0.2) is 0 Å². The summed E-state index contributed by atoms with van der Waals surface area (Å²) in [6.45, 7) is 2.93. The smallest absolute Gasteiger partial charge is 0.257 e. The largest absolute Gasteiger partial charge is 0.336 e. The van der Waals surface area contributed by atoms with Gasteiger partial charge in [0, 0.05) is 18.2 Å². The van der Waals surface area contributed by atoms with Gasteiger partial charge in [-0.25, -0.2) is 4.39 Å². The molecule has 1 fully saturated rings. The van der Waals surface area contributed by atoms with Gasteiger partial charge >= 0.3 is 0 Å². The molecule has 1 aliphatic rings. The zero-order chi connectivity index (χ0) is 14.5. The highest BCUT2D eigenvalue weighted by Crippen LogP contribution is 2.29. The minimum atomic E-state index is -0.491. The number of nitrogens with two attached hydrogens (primary N) is 1. The predicted molar refractivity (Wildman–Crippen MR) is 76.7 cm³/mol. The van der Waals surface area contributed by atoms with Crippen molar-refractivity contribution in [3.05, 3.63) is 35.1 Å². The molecule has 0 aromatic heterocycles. The molecule has 1 aromatic carbocycles. The monoisotopic (exact) mass is 274 g/mol. The third kappa shape index (κ3) is 3.37. The maximum absolute atomic E-state index is 13.9. The van der Waals surface area contributed by atoms with Crippen molar-refractivity contribution >= 4 is 5.91 Å². The molecule has 0 radical (unpaired) electrons. The molecule has 4 heteroatoms. The van der Waals surface area contributed by atoms with Crippen molar-refractivity contribution in [1.29, 1.82) is 0 Å². The average Bonchev–Trinajstić information content (AvgIpc) is 3.27. The number of hydrogen-bond acceptors (Lipinski definition) is 2. The highest BCUT2D eigenvalue weighted by Gasteiger charge is 2.33. The van der Waals surface area contributed by atoms with Crippen LogP contribution in [0.4, 0.5) is 4.39 Å². The maximum Gasteiger partial charge on any atom is 0.257 e. The van der Waals surface area contributed by atoms with Crippen LogP contribution in [0.5, 0.6) is 0 Å². The Morgan fingerprint density at radius 2 is 2.25 bits per heavy atom. The fraction of sp³-hybridized carbons (Fsp3) is 0.438. The minimum absolute atomic E-state index is 0.106. The van der Waals surface area contributed by atoms with E-state index in [4.69, 9.17) is 5.73 Å². The van der Waals surface area contributed by atoms with Crippen molar-refractivity contribution < 1.29 is 9.18 Å². The number of carbonyl (C=O) groups excluding carboxylic acids is 1. The molecule has 2 N–H and O–H groups in total. The van der Waals surface area contributed by atoms with Gasteiger partial charge in [0.1, 0.15) is 5.82 Å². The lowest BCUT2D eigenvalue weighted by atomic mass is 10.1. The Balaban J connectivity index is 2.27. The van der Waals surface area contributed by atoms with Crippen LogP contribution in [0, 0.1) is 17.7 Å². The summed E-state index contributed by atoms with van der Waals surface area (Å²) >= 11 is 0. The Kier molecular flexibility index (Phi) is 4.75. The molecule has 0 unspecified atom stereocenters. The first-order valence-electron chi connectivity index (χ1n) is 6.96. The first-order chi connectivity index (χ1) is 9.67. The fourth-order valence-electron chi connectivity index (χ4n) is 2.15. The van der Waals surface area contributed by atoms with E-state index in [0.29, 0.717) is 12.1 Å². The van der Waals surface area contributed by atoms with Crippen molar-refractivity contribution in [3.63, 3.8) is 0 Å². The highest BCUT2D eigenvalue weighted by molar-refractivity contribution is 5.95. The predicted octanol–water partition coefficient (Wildman–Crippen LogP) is 2.15. The molecule has 0 spiro atoms. The quantitative estimate of drug-likeness (QED) is 0.855. The average molecular weight is 274 g/mol. The highest BCUT2D eigenvalue weighted by atomic mass is 19.1. The molecule has 3 nitrogen and oxygen atoms in total. The van der Waals surface area contributed by atoms with E-state index >= 15 is 0 Å². The lowest BCUT2D eigenvalue weighted by molar-refractivity contribution is 0.0738. The van der Waals surface area contributed by atoms with E-state index in [-0.39, 0.29) is 24.1 Å². The third-order valence-corrected chi connectivity index (χ3v) is 3.24. The van der Waals surface area contributed by atoms with E-state index in [0.717, 1.165) is 19.3 Å². The number of halogens is 1. The van der Waals surface area contributed by atoms with Crippen molar-refractivity contribution in [3.8, 4) is 11.8 Å². The molecule has 0 aliphatic heterocycles. The Bertz CT molecular complexity index is 555. The Morgan fingerprint density at radius 1 is 1.50 bits per heavy atom. The topological polar surface area (TPSA) is 46.3 Å². The van der Waals surface area contributed by atoms with Gasteiger partial charge in [-0.1, -0.05) is 18.8 Å². The molecule has 2 rings (SSSR count). The van der Waals surface area contributed by atoms with Crippen LogP contribution in [0.1, 0.15) is 42.1 Å². The second-order valence-corrected chi connectivity index (χ2v) is 4.93. The van der Waals surface area contributed by atoms with Gasteiger partial charge in [0.25, 0.3) is 5.91 Å². The van der Waals surface area contributed by atoms with Crippen LogP contribution in [0.25, 0.3) is 0 Å². The van der Waals surface area contributed by atoms with Crippen LogP contribution in [-0.2, 0) is 0 Å².